The van der Waals surface area contributed by atoms with Crippen molar-refractivity contribution in [3.05, 3.63) is 36.4 Å². The van der Waals surface area contributed by atoms with Gasteiger partial charge >= 0.3 is 0 Å². The maximum Gasteiger partial charge on any atom is 0.225 e. The minimum absolute atomic E-state index is 0.322. The SMILES string of the molecule is Cn1nc(C2CC2)nc1NC1CCN(c2nccc(-c3ccc[nH]3)n2)C1. The van der Waals surface area contributed by atoms with Crippen LogP contribution in [-0.2, 0) is 7.05 Å². The molecule has 4 heterocycles. The molecule has 1 aliphatic carbocycles. The Morgan fingerprint density at radius 2 is 2.12 bits per heavy atom. The van der Waals surface area contributed by atoms with Crippen molar-refractivity contribution in [1.82, 2.24) is 29.7 Å². The summed E-state index contributed by atoms with van der Waals surface area (Å²) >= 11 is 0. The molecule has 0 bridgehead atoms. The summed E-state index contributed by atoms with van der Waals surface area (Å²) in [6, 6.07) is 6.25. The summed E-state index contributed by atoms with van der Waals surface area (Å²) in [5.41, 5.74) is 1.92. The van der Waals surface area contributed by atoms with Crippen molar-refractivity contribution < 1.29 is 0 Å². The number of anilines is 2. The zero-order valence-corrected chi connectivity index (χ0v) is 14.8. The number of aromatic amines is 1. The molecule has 3 aromatic rings. The van der Waals surface area contributed by atoms with Crippen molar-refractivity contribution >= 4 is 11.9 Å². The molecular weight excluding hydrogens is 328 g/mol. The summed E-state index contributed by atoms with van der Waals surface area (Å²) in [4.78, 5) is 19.3. The highest BCUT2D eigenvalue weighted by atomic mass is 15.4. The maximum atomic E-state index is 4.71. The summed E-state index contributed by atoms with van der Waals surface area (Å²) in [6.07, 6.45) is 7.19. The maximum absolute atomic E-state index is 4.71. The molecule has 1 atom stereocenters. The van der Waals surface area contributed by atoms with Crippen molar-refractivity contribution in [2.45, 2.75) is 31.2 Å². The zero-order valence-electron chi connectivity index (χ0n) is 14.8. The van der Waals surface area contributed by atoms with Crippen LogP contribution in [0, 0.1) is 0 Å². The zero-order chi connectivity index (χ0) is 17.5. The van der Waals surface area contributed by atoms with E-state index in [0.717, 1.165) is 48.6 Å². The van der Waals surface area contributed by atoms with E-state index in [1.165, 1.54) is 12.8 Å². The summed E-state index contributed by atoms with van der Waals surface area (Å²) in [6.45, 7) is 1.79. The van der Waals surface area contributed by atoms with Crippen molar-refractivity contribution in [1.29, 1.82) is 0 Å². The summed E-state index contributed by atoms with van der Waals surface area (Å²) in [5.74, 6) is 3.19. The molecule has 3 aromatic heterocycles. The molecule has 1 saturated carbocycles. The van der Waals surface area contributed by atoms with Crippen LogP contribution in [0.2, 0.25) is 0 Å². The van der Waals surface area contributed by atoms with Gasteiger partial charge in [-0.25, -0.2) is 14.6 Å². The monoisotopic (exact) mass is 350 g/mol. The first-order chi connectivity index (χ1) is 12.8. The Labute approximate surface area is 151 Å². The van der Waals surface area contributed by atoms with E-state index in [0.29, 0.717) is 12.0 Å². The second-order valence-corrected chi connectivity index (χ2v) is 7.09. The molecule has 0 radical (unpaired) electrons. The Kier molecular flexibility index (Phi) is 3.62. The Hall–Kier alpha value is -2.90. The van der Waals surface area contributed by atoms with Gasteiger partial charge in [0.25, 0.3) is 0 Å². The molecule has 1 unspecified atom stereocenters. The molecule has 26 heavy (non-hydrogen) atoms. The highest BCUT2D eigenvalue weighted by Gasteiger charge is 2.30. The largest absolute Gasteiger partial charge is 0.360 e. The molecule has 134 valence electrons. The van der Waals surface area contributed by atoms with Crippen LogP contribution in [0.25, 0.3) is 11.4 Å². The smallest absolute Gasteiger partial charge is 0.225 e. The molecule has 0 amide bonds. The van der Waals surface area contributed by atoms with E-state index in [1.54, 1.807) is 0 Å². The van der Waals surface area contributed by atoms with Crippen LogP contribution in [0.4, 0.5) is 11.9 Å². The lowest BCUT2D eigenvalue weighted by Crippen LogP contribution is -2.28. The average molecular weight is 350 g/mol. The van der Waals surface area contributed by atoms with Crippen LogP contribution in [0.3, 0.4) is 0 Å². The fraction of sp³-hybridized carbons (Fsp3) is 0.444. The van der Waals surface area contributed by atoms with E-state index in [4.69, 9.17) is 4.98 Å². The van der Waals surface area contributed by atoms with Gasteiger partial charge in [0.15, 0.2) is 5.82 Å². The van der Waals surface area contributed by atoms with Crippen LogP contribution in [0.15, 0.2) is 30.6 Å². The first kappa shape index (κ1) is 15.4. The summed E-state index contributed by atoms with van der Waals surface area (Å²) in [7, 11) is 1.96. The fourth-order valence-corrected chi connectivity index (χ4v) is 3.43. The van der Waals surface area contributed by atoms with Gasteiger partial charge in [0, 0.05) is 44.5 Å². The van der Waals surface area contributed by atoms with E-state index in [9.17, 15) is 0 Å². The van der Waals surface area contributed by atoms with Crippen molar-refractivity contribution in [3.8, 4) is 11.4 Å². The first-order valence-corrected chi connectivity index (χ1v) is 9.15. The number of hydrogen-bond donors (Lipinski definition) is 2. The number of aryl methyl sites for hydroxylation is 1. The first-order valence-electron chi connectivity index (χ1n) is 9.15. The molecule has 2 aliphatic rings. The lowest BCUT2D eigenvalue weighted by molar-refractivity contribution is 0.721. The van der Waals surface area contributed by atoms with Crippen LogP contribution in [0.1, 0.15) is 31.0 Å². The van der Waals surface area contributed by atoms with Gasteiger partial charge in [-0.05, 0) is 37.5 Å². The van der Waals surface area contributed by atoms with Crippen molar-refractivity contribution in [2.24, 2.45) is 7.05 Å². The number of hydrogen-bond acceptors (Lipinski definition) is 6. The number of rotatable bonds is 5. The third kappa shape index (κ3) is 2.91. The lowest BCUT2D eigenvalue weighted by Gasteiger charge is -2.17. The Balaban J connectivity index is 1.28. The van der Waals surface area contributed by atoms with Crippen molar-refractivity contribution in [3.63, 3.8) is 0 Å². The molecule has 1 aliphatic heterocycles. The molecule has 1 saturated heterocycles. The normalized spacial score (nSPS) is 19.9. The van der Waals surface area contributed by atoms with Crippen molar-refractivity contribution in [2.75, 3.05) is 23.3 Å². The Morgan fingerprint density at radius 1 is 1.19 bits per heavy atom. The molecular formula is C18H22N8. The van der Waals surface area contributed by atoms with Gasteiger partial charge in [0.1, 0.15) is 0 Å². The van der Waals surface area contributed by atoms with E-state index >= 15 is 0 Å². The fourth-order valence-electron chi connectivity index (χ4n) is 3.43. The van der Waals surface area contributed by atoms with Gasteiger partial charge in [-0.15, -0.1) is 0 Å². The van der Waals surface area contributed by atoms with Gasteiger partial charge in [0.05, 0.1) is 11.4 Å². The average Bonchev–Trinajstić information content (AvgIpc) is 3.06. The predicted octanol–water partition coefficient (Wildman–Crippen LogP) is 2.17. The highest BCUT2D eigenvalue weighted by molar-refractivity contribution is 5.55. The van der Waals surface area contributed by atoms with Crippen LogP contribution < -0.4 is 10.2 Å². The molecule has 2 N–H and O–H groups in total. The topological polar surface area (TPSA) is 87.5 Å². The van der Waals surface area contributed by atoms with E-state index < -0.39 is 0 Å². The van der Waals surface area contributed by atoms with Gasteiger partial charge in [-0.3, -0.25) is 0 Å². The highest BCUT2D eigenvalue weighted by Crippen LogP contribution is 2.38. The number of aromatic nitrogens is 6. The molecule has 0 aromatic carbocycles. The number of nitrogens with one attached hydrogen (secondary N) is 2. The van der Waals surface area contributed by atoms with Crippen LogP contribution in [0.5, 0.6) is 0 Å². The quantitative estimate of drug-likeness (QED) is 0.733. The third-order valence-corrected chi connectivity index (χ3v) is 5.04. The van der Waals surface area contributed by atoms with E-state index in [2.05, 4.69) is 30.3 Å². The minimum Gasteiger partial charge on any atom is -0.360 e. The minimum atomic E-state index is 0.322. The standard InChI is InChI=1S/C18H22N8/c1-25-18(23-16(24-25)12-4-5-12)21-13-7-10-26(11-13)17-20-9-6-15(22-17)14-3-2-8-19-14/h2-3,6,8-9,12-13,19H,4-5,7,10-11H2,1H3,(H,21,23,24). The second-order valence-electron chi connectivity index (χ2n) is 7.09. The van der Waals surface area contributed by atoms with Crippen LogP contribution in [-0.4, -0.2) is 48.8 Å². The van der Waals surface area contributed by atoms with Gasteiger partial charge in [-0.2, -0.15) is 10.1 Å². The van der Waals surface area contributed by atoms with Gasteiger partial charge in [-0.1, -0.05) is 0 Å². The Bertz CT molecular complexity index is 896. The summed E-state index contributed by atoms with van der Waals surface area (Å²) < 4.78 is 1.86. The van der Waals surface area contributed by atoms with Gasteiger partial charge < -0.3 is 15.2 Å². The number of nitrogens with zero attached hydrogens (tertiary/aromatic N) is 6. The Morgan fingerprint density at radius 3 is 2.92 bits per heavy atom. The molecule has 5 rings (SSSR count). The summed E-state index contributed by atoms with van der Waals surface area (Å²) in [5, 5.41) is 8.07. The number of H-pyrrole nitrogens is 1. The van der Waals surface area contributed by atoms with E-state index in [-0.39, 0.29) is 0 Å². The molecule has 8 nitrogen and oxygen atoms in total. The van der Waals surface area contributed by atoms with E-state index in [1.807, 2.05) is 42.3 Å². The third-order valence-electron chi connectivity index (χ3n) is 5.04. The predicted molar refractivity (Wildman–Crippen MR) is 99.0 cm³/mol. The lowest BCUT2D eigenvalue weighted by atomic mass is 10.3. The molecule has 0 spiro atoms. The molecule has 8 heteroatoms. The molecule has 2 fully saturated rings. The van der Waals surface area contributed by atoms with Crippen LogP contribution >= 0.6 is 0 Å². The van der Waals surface area contributed by atoms with Gasteiger partial charge in [0.2, 0.25) is 11.9 Å². The second kappa shape index (κ2) is 6.12.